The highest BCUT2D eigenvalue weighted by molar-refractivity contribution is 5.95. The van der Waals surface area contributed by atoms with E-state index in [-0.39, 0.29) is 11.9 Å². The predicted molar refractivity (Wildman–Crippen MR) is 80.1 cm³/mol. The monoisotopic (exact) mass is 296 g/mol. The molecule has 8 heteroatoms. The SMILES string of the molecule is Cc1c(C(=O)NCCNC(=O)N(C)C)cnn1CCCN. The lowest BCUT2D eigenvalue weighted by molar-refractivity contribution is 0.0953. The largest absolute Gasteiger partial charge is 0.350 e. The van der Waals surface area contributed by atoms with Gasteiger partial charge in [-0.25, -0.2) is 4.79 Å². The Morgan fingerprint density at radius 1 is 1.33 bits per heavy atom. The zero-order valence-corrected chi connectivity index (χ0v) is 12.8. The van der Waals surface area contributed by atoms with Gasteiger partial charge in [-0.3, -0.25) is 9.48 Å². The molecule has 0 bridgehead atoms. The molecule has 0 radical (unpaired) electrons. The van der Waals surface area contributed by atoms with Gasteiger partial charge in [-0.1, -0.05) is 0 Å². The molecule has 0 aliphatic heterocycles. The molecule has 0 saturated heterocycles. The van der Waals surface area contributed by atoms with Crippen LogP contribution in [-0.4, -0.2) is 60.3 Å². The summed E-state index contributed by atoms with van der Waals surface area (Å²) < 4.78 is 1.77. The third-order valence-corrected chi connectivity index (χ3v) is 3.01. The summed E-state index contributed by atoms with van der Waals surface area (Å²) in [6, 6.07) is -0.185. The van der Waals surface area contributed by atoms with Gasteiger partial charge in [0.05, 0.1) is 11.8 Å². The van der Waals surface area contributed by atoms with Gasteiger partial charge in [0, 0.05) is 39.4 Å². The van der Waals surface area contributed by atoms with Crippen LogP contribution in [0.1, 0.15) is 22.5 Å². The first kappa shape index (κ1) is 17.0. The molecule has 0 fully saturated rings. The van der Waals surface area contributed by atoms with E-state index in [0.29, 0.717) is 31.7 Å². The molecule has 0 atom stereocenters. The second-order valence-corrected chi connectivity index (χ2v) is 4.89. The molecule has 21 heavy (non-hydrogen) atoms. The maximum absolute atomic E-state index is 12.0. The van der Waals surface area contributed by atoms with Crippen LogP contribution >= 0.6 is 0 Å². The molecule has 0 aliphatic rings. The quantitative estimate of drug-likeness (QED) is 0.592. The molecule has 0 aromatic carbocycles. The lowest BCUT2D eigenvalue weighted by atomic mass is 10.2. The molecule has 0 aliphatic carbocycles. The number of urea groups is 1. The van der Waals surface area contributed by atoms with Crippen LogP contribution in [0, 0.1) is 6.92 Å². The Kier molecular flexibility index (Phi) is 6.67. The highest BCUT2D eigenvalue weighted by atomic mass is 16.2. The lowest BCUT2D eigenvalue weighted by Gasteiger charge is -2.12. The van der Waals surface area contributed by atoms with Crippen molar-refractivity contribution < 1.29 is 9.59 Å². The lowest BCUT2D eigenvalue weighted by Crippen LogP contribution is -2.39. The van der Waals surface area contributed by atoms with Crippen molar-refractivity contribution in [1.82, 2.24) is 25.3 Å². The number of rotatable bonds is 7. The van der Waals surface area contributed by atoms with Crippen molar-refractivity contribution in [3.63, 3.8) is 0 Å². The first-order chi connectivity index (χ1) is 9.97. The first-order valence-corrected chi connectivity index (χ1v) is 6.93. The fraction of sp³-hybridized carbons (Fsp3) is 0.615. The van der Waals surface area contributed by atoms with Crippen LogP contribution < -0.4 is 16.4 Å². The smallest absolute Gasteiger partial charge is 0.316 e. The fourth-order valence-electron chi connectivity index (χ4n) is 1.73. The number of aryl methyl sites for hydroxylation is 1. The number of hydrogen-bond donors (Lipinski definition) is 3. The predicted octanol–water partition coefficient (Wildman–Crippen LogP) is -0.459. The Labute approximate surface area is 124 Å². The van der Waals surface area contributed by atoms with Crippen molar-refractivity contribution >= 4 is 11.9 Å². The van der Waals surface area contributed by atoms with E-state index in [1.165, 1.54) is 4.90 Å². The standard InChI is InChI=1S/C13H24N6O2/c1-10-11(9-17-19(10)8-4-5-14)12(20)15-6-7-16-13(21)18(2)3/h9H,4-8,14H2,1-3H3,(H,15,20)(H,16,21). The molecular formula is C13H24N6O2. The van der Waals surface area contributed by atoms with Gasteiger partial charge >= 0.3 is 6.03 Å². The van der Waals surface area contributed by atoms with E-state index in [1.807, 2.05) is 6.92 Å². The minimum atomic E-state index is -0.189. The summed E-state index contributed by atoms with van der Waals surface area (Å²) in [5, 5.41) is 9.61. The Bertz CT molecular complexity index is 483. The summed E-state index contributed by atoms with van der Waals surface area (Å²) in [4.78, 5) is 24.8. The van der Waals surface area contributed by atoms with Gasteiger partial charge in [-0.2, -0.15) is 5.10 Å². The van der Waals surface area contributed by atoms with Crippen molar-refractivity contribution in [3.8, 4) is 0 Å². The van der Waals surface area contributed by atoms with Crippen LogP contribution in [0.25, 0.3) is 0 Å². The summed E-state index contributed by atoms with van der Waals surface area (Å²) in [7, 11) is 3.32. The Hall–Kier alpha value is -2.09. The van der Waals surface area contributed by atoms with Crippen LogP contribution in [0.15, 0.2) is 6.20 Å². The zero-order valence-electron chi connectivity index (χ0n) is 12.8. The van der Waals surface area contributed by atoms with Crippen LogP contribution in [0.5, 0.6) is 0 Å². The van der Waals surface area contributed by atoms with Crippen LogP contribution in [0.3, 0.4) is 0 Å². The summed E-state index contributed by atoms with van der Waals surface area (Å²) in [5.41, 5.74) is 6.83. The van der Waals surface area contributed by atoms with Gasteiger partial charge < -0.3 is 21.3 Å². The highest BCUT2D eigenvalue weighted by Gasteiger charge is 2.13. The summed E-state index contributed by atoms with van der Waals surface area (Å²) in [6.07, 6.45) is 2.37. The average Bonchev–Trinajstić information content (AvgIpc) is 2.81. The molecular weight excluding hydrogens is 272 g/mol. The van der Waals surface area contributed by atoms with Gasteiger partial charge in [-0.15, -0.1) is 0 Å². The second kappa shape index (κ2) is 8.25. The van der Waals surface area contributed by atoms with E-state index in [9.17, 15) is 9.59 Å². The van der Waals surface area contributed by atoms with Gasteiger partial charge in [0.1, 0.15) is 0 Å². The molecule has 0 unspecified atom stereocenters. The third kappa shape index (κ3) is 5.07. The van der Waals surface area contributed by atoms with Crippen LogP contribution in [0.2, 0.25) is 0 Å². The molecule has 0 saturated carbocycles. The molecule has 4 N–H and O–H groups in total. The molecule has 1 aromatic rings. The number of aromatic nitrogens is 2. The number of nitrogens with one attached hydrogen (secondary N) is 2. The summed E-state index contributed by atoms with van der Waals surface area (Å²) >= 11 is 0. The topological polar surface area (TPSA) is 105 Å². The van der Waals surface area contributed by atoms with Crippen LogP contribution in [0.4, 0.5) is 4.79 Å². The number of carbonyl (C=O) groups excluding carboxylic acids is 2. The minimum Gasteiger partial charge on any atom is -0.350 e. The highest BCUT2D eigenvalue weighted by Crippen LogP contribution is 2.07. The van der Waals surface area contributed by atoms with Crippen molar-refractivity contribution in [2.75, 3.05) is 33.7 Å². The van der Waals surface area contributed by atoms with Gasteiger partial charge in [0.2, 0.25) is 0 Å². The van der Waals surface area contributed by atoms with E-state index < -0.39 is 0 Å². The number of nitrogens with two attached hydrogens (primary N) is 1. The van der Waals surface area contributed by atoms with Crippen molar-refractivity contribution in [2.24, 2.45) is 5.73 Å². The van der Waals surface area contributed by atoms with Crippen molar-refractivity contribution in [1.29, 1.82) is 0 Å². The van der Waals surface area contributed by atoms with Crippen molar-refractivity contribution in [2.45, 2.75) is 19.9 Å². The van der Waals surface area contributed by atoms with Gasteiger partial charge in [0.15, 0.2) is 0 Å². The number of carbonyl (C=O) groups is 2. The van der Waals surface area contributed by atoms with E-state index >= 15 is 0 Å². The maximum atomic E-state index is 12.0. The molecule has 8 nitrogen and oxygen atoms in total. The van der Waals surface area contributed by atoms with Crippen LogP contribution in [-0.2, 0) is 6.54 Å². The Balaban J connectivity index is 2.42. The van der Waals surface area contributed by atoms with E-state index in [2.05, 4.69) is 15.7 Å². The van der Waals surface area contributed by atoms with E-state index in [4.69, 9.17) is 5.73 Å². The molecule has 0 spiro atoms. The number of nitrogens with zero attached hydrogens (tertiary/aromatic N) is 3. The summed E-state index contributed by atoms with van der Waals surface area (Å²) in [6.45, 7) is 3.89. The maximum Gasteiger partial charge on any atom is 0.316 e. The minimum absolute atomic E-state index is 0.185. The molecule has 118 valence electrons. The normalized spacial score (nSPS) is 10.3. The second-order valence-electron chi connectivity index (χ2n) is 4.89. The fourth-order valence-corrected chi connectivity index (χ4v) is 1.73. The average molecular weight is 296 g/mol. The third-order valence-electron chi connectivity index (χ3n) is 3.01. The summed E-state index contributed by atoms with van der Waals surface area (Å²) in [5.74, 6) is -0.189. The first-order valence-electron chi connectivity index (χ1n) is 6.93. The molecule has 1 rings (SSSR count). The van der Waals surface area contributed by atoms with E-state index in [1.54, 1.807) is 25.0 Å². The molecule has 1 aromatic heterocycles. The number of amides is 3. The zero-order chi connectivity index (χ0) is 15.8. The molecule has 1 heterocycles. The van der Waals surface area contributed by atoms with Gasteiger partial charge in [0.25, 0.3) is 5.91 Å². The van der Waals surface area contributed by atoms with Crippen molar-refractivity contribution in [3.05, 3.63) is 17.5 Å². The Morgan fingerprint density at radius 3 is 2.62 bits per heavy atom. The van der Waals surface area contributed by atoms with Gasteiger partial charge in [-0.05, 0) is 19.9 Å². The van der Waals surface area contributed by atoms with E-state index in [0.717, 1.165) is 12.1 Å². The number of hydrogen-bond acceptors (Lipinski definition) is 4. The molecule has 3 amide bonds. The Morgan fingerprint density at radius 2 is 2.00 bits per heavy atom.